The summed E-state index contributed by atoms with van der Waals surface area (Å²) in [4.78, 5) is 65.4. The van der Waals surface area contributed by atoms with E-state index in [-0.39, 0.29) is 18.8 Å². The molecule has 3 amide bonds. The molecule has 0 bridgehead atoms. The predicted molar refractivity (Wildman–Crippen MR) is 106 cm³/mol. The number of hydrogen-bond acceptors (Lipinski definition) is 7. The fraction of sp³-hybridized carbons (Fsp3) is 0.556. The van der Waals surface area contributed by atoms with Crippen molar-refractivity contribution < 1.29 is 34.2 Å². The molecule has 172 valence electrons. The van der Waals surface area contributed by atoms with Gasteiger partial charge in [-0.3, -0.25) is 19.2 Å². The summed E-state index contributed by atoms with van der Waals surface area (Å²) < 4.78 is 0. The van der Waals surface area contributed by atoms with Gasteiger partial charge in [-0.25, -0.2) is 9.78 Å². The van der Waals surface area contributed by atoms with Crippen LogP contribution in [0.1, 0.15) is 32.4 Å². The van der Waals surface area contributed by atoms with Crippen LogP contribution in [0.3, 0.4) is 0 Å². The second-order valence-corrected chi connectivity index (χ2v) is 7.22. The maximum atomic E-state index is 12.6. The number of aromatic amines is 1. The molecule has 13 nitrogen and oxygen atoms in total. The van der Waals surface area contributed by atoms with E-state index >= 15 is 0 Å². The summed E-state index contributed by atoms with van der Waals surface area (Å²) in [5.41, 5.74) is 6.14. The Kier molecular flexibility index (Phi) is 10.1. The standard InChI is InChI=1S/C18H28N6O7/c1-9(2)15(19)17(29)21-7-13(25)23-11(3-4-14(26)27)16(28)24-12(18(30)31)5-10-6-20-8-22-10/h6,8-9,11-12,15H,3-5,7,19H2,1-2H3,(H,20,22)(H,21,29)(H,23,25)(H,24,28)(H,26,27)(H,30,31). The zero-order valence-electron chi connectivity index (χ0n) is 17.3. The third-order valence-corrected chi connectivity index (χ3v) is 4.34. The van der Waals surface area contributed by atoms with Crippen molar-refractivity contribution in [2.24, 2.45) is 11.7 Å². The number of rotatable bonds is 13. The van der Waals surface area contributed by atoms with Gasteiger partial charge in [-0.15, -0.1) is 0 Å². The number of nitrogens with one attached hydrogen (secondary N) is 4. The van der Waals surface area contributed by atoms with E-state index in [9.17, 15) is 29.1 Å². The number of carbonyl (C=O) groups is 5. The first-order chi connectivity index (χ1) is 14.5. The van der Waals surface area contributed by atoms with Crippen molar-refractivity contribution in [2.45, 2.75) is 51.2 Å². The first-order valence-electron chi connectivity index (χ1n) is 9.56. The van der Waals surface area contributed by atoms with Crippen LogP contribution < -0.4 is 21.7 Å². The second-order valence-electron chi connectivity index (χ2n) is 7.22. The van der Waals surface area contributed by atoms with Crippen LogP contribution in [-0.2, 0) is 30.4 Å². The van der Waals surface area contributed by atoms with Crippen molar-refractivity contribution in [1.29, 1.82) is 0 Å². The molecule has 3 atom stereocenters. The summed E-state index contributed by atoms with van der Waals surface area (Å²) in [6, 6.07) is -3.47. The van der Waals surface area contributed by atoms with Gasteiger partial charge in [0.25, 0.3) is 0 Å². The minimum absolute atomic E-state index is 0.0934. The molecule has 1 heterocycles. The lowest BCUT2D eigenvalue weighted by Crippen LogP contribution is -2.54. The average molecular weight is 440 g/mol. The van der Waals surface area contributed by atoms with Crippen LogP contribution in [-0.4, -0.2) is 74.5 Å². The molecule has 0 spiro atoms. The number of aliphatic carboxylic acids is 2. The number of carboxylic acids is 2. The monoisotopic (exact) mass is 440 g/mol. The van der Waals surface area contributed by atoms with Crippen LogP contribution in [0, 0.1) is 5.92 Å². The Balaban J connectivity index is 2.75. The Bertz CT molecular complexity index is 780. The van der Waals surface area contributed by atoms with E-state index in [4.69, 9.17) is 10.8 Å². The Labute approximate surface area is 178 Å². The van der Waals surface area contributed by atoms with Gasteiger partial charge in [-0.1, -0.05) is 13.8 Å². The Morgan fingerprint density at radius 1 is 1.10 bits per heavy atom. The summed E-state index contributed by atoms with van der Waals surface area (Å²) in [5.74, 6) is -4.85. The highest BCUT2D eigenvalue weighted by molar-refractivity contribution is 5.92. The molecule has 8 N–H and O–H groups in total. The minimum Gasteiger partial charge on any atom is -0.481 e. The van der Waals surface area contributed by atoms with Crippen LogP contribution >= 0.6 is 0 Å². The molecular formula is C18H28N6O7. The number of H-pyrrole nitrogens is 1. The van der Waals surface area contributed by atoms with E-state index in [1.54, 1.807) is 13.8 Å². The smallest absolute Gasteiger partial charge is 0.326 e. The SMILES string of the molecule is CC(C)C(N)C(=O)NCC(=O)NC(CCC(=O)O)C(=O)NC(Cc1cnc[nH]1)C(=O)O. The Hall–Kier alpha value is -3.48. The highest BCUT2D eigenvalue weighted by Crippen LogP contribution is 2.03. The zero-order chi connectivity index (χ0) is 23.6. The lowest BCUT2D eigenvalue weighted by molar-refractivity contribution is -0.143. The second kappa shape index (κ2) is 12.3. The highest BCUT2D eigenvalue weighted by atomic mass is 16.4. The molecular weight excluding hydrogens is 412 g/mol. The normalized spacial score (nSPS) is 13.7. The maximum absolute atomic E-state index is 12.6. The van der Waals surface area contributed by atoms with Crippen LogP contribution in [0.25, 0.3) is 0 Å². The lowest BCUT2D eigenvalue weighted by atomic mass is 10.1. The van der Waals surface area contributed by atoms with Crippen LogP contribution in [0.15, 0.2) is 12.5 Å². The average Bonchev–Trinajstić information content (AvgIpc) is 3.20. The summed E-state index contributed by atoms with van der Waals surface area (Å²) >= 11 is 0. The van der Waals surface area contributed by atoms with Gasteiger partial charge in [-0.2, -0.15) is 0 Å². The quantitative estimate of drug-likeness (QED) is 0.180. The molecule has 31 heavy (non-hydrogen) atoms. The van der Waals surface area contributed by atoms with Gasteiger partial charge >= 0.3 is 11.9 Å². The van der Waals surface area contributed by atoms with Crippen molar-refractivity contribution in [1.82, 2.24) is 25.9 Å². The number of aromatic nitrogens is 2. The molecule has 0 radical (unpaired) electrons. The van der Waals surface area contributed by atoms with Gasteiger partial charge < -0.3 is 36.9 Å². The summed E-state index contributed by atoms with van der Waals surface area (Å²) in [7, 11) is 0. The Morgan fingerprint density at radius 2 is 1.77 bits per heavy atom. The molecule has 13 heteroatoms. The third-order valence-electron chi connectivity index (χ3n) is 4.34. The topological polar surface area (TPSA) is 217 Å². The molecule has 1 aromatic rings. The van der Waals surface area contributed by atoms with E-state index in [2.05, 4.69) is 25.9 Å². The van der Waals surface area contributed by atoms with Gasteiger partial charge in [0.1, 0.15) is 12.1 Å². The molecule has 0 aliphatic rings. The zero-order valence-corrected chi connectivity index (χ0v) is 17.3. The maximum Gasteiger partial charge on any atom is 0.326 e. The van der Waals surface area contributed by atoms with Gasteiger partial charge in [0.05, 0.1) is 18.9 Å². The largest absolute Gasteiger partial charge is 0.481 e. The molecule has 0 saturated carbocycles. The number of nitrogens with two attached hydrogens (primary N) is 1. The van der Waals surface area contributed by atoms with Gasteiger partial charge in [-0.05, 0) is 12.3 Å². The molecule has 0 aliphatic carbocycles. The van der Waals surface area contributed by atoms with Crippen molar-refractivity contribution >= 4 is 29.7 Å². The first kappa shape index (κ1) is 25.6. The molecule has 3 unspecified atom stereocenters. The first-order valence-corrected chi connectivity index (χ1v) is 9.56. The molecule has 0 fully saturated rings. The molecule has 0 aromatic carbocycles. The van der Waals surface area contributed by atoms with Gasteiger partial charge in [0.2, 0.25) is 17.7 Å². The van der Waals surface area contributed by atoms with Gasteiger partial charge in [0.15, 0.2) is 0 Å². The highest BCUT2D eigenvalue weighted by Gasteiger charge is 2.28. The van der Waals surface area contributed by atoms with E-state index in [0.717, 1.165) is 0 Å². The van der Waals surface area contributed by atoms with E-state index < -0.39 is 60.8 Å². The third kappa shape index (κ3) is 9.25. The molecule has 1 rings (SSSR count). The van der Waals surface area contributed by atoms with Crippen molar-refractivity contribution in [2.75, 3.05) is 6.54 Å². The number of hydrogen-bond donors (Lipinski definition) is 7. The van der Waals surface area contributed by atoms with Crippen LogP contribution in [0.2, 0.25) is 0 Å². The summed E-state index contributed by atoms with van der Waals surface area (Å²) in [6.45, 7) is 2.99. The number of amides is 3. The van der Waals surface area contributed by atoms with Crippen LogP contribution in [0.5, 0.6) is 0 Å². The summed E-state index contributed by atoms with van der Waals surface area (Å²) in [6.07, 6.45) is 1.94. The van der Waals surface area contributed by atoms with E-state index in [0.29, 0.717) is 5.69 Å². The number of imidazole rings is 1. The number of carboxylic acid groups (broad SMARTS) is 2. The number of carbonyl (C=O) groups excluding carboxylic acids is 3. The van der Waals surface area contributed by atoms with Crippen LogP contribution in [0.4, 0.5) is 0 Å². The van der Waals surface area contributed by atoms with Crippen molar-refractivity contribution in [3.8, 4) is 0 Å². The molecule has 0 aliphatic heterocycles. The van der Waals surface area contributed by atoms with Gasteiger partial charge in [0, 0.05) is 24.7 Å². The molecule has 1 aromatic heterocycles. The van der Waals surface area contributed by atoms with E-state index in [1.165, 1.54) is 12.5 Å². The fourth-order valence-electron chi connectivity index (χ4n) is 2.46. The van der Waals surface area contributed by atoms with E-state index in [1.807, 2.05) is 0 Å². The lowest BCUT2D eigenvalue weighted by Gasteiger charge is -2.21. The fourth-order valence-corrected chi connectivity index (χ4v) is 2.46. The predicted octanol–water partition coefficient (Wildman–Crippen LogP) is -2.03. The number of nitrogens with zero attached hydrogens (tertiary/aromatic N) is 1. The molecule has 0 saturated heterocycles. The Morgan fingerprint density at radius 3 is 2.29 bits per heavy atom. The summed E-state index contributed by atoms with van der Waals surface area (Å²) in [5, 5.41) is 25.2. The van der Waals surface area contributed by atoms with Crippen molar-refractivity contribution in [3.05, 3.63) is 18.2 Å². The van der Waals surface area contributed by atoms with Crippen molar-refractivity contribution in [3.63, 3.8) is 0 Å². The minimum atomic E-state index is -1.33.